The minimum atomic E-state index is -3.91. The molecule has 1 heterocycles. The number of hydrogen-bond acceptors (Lipinski definition) is 5. The molecule has 0 radical (unpaired) electrons. The maximum absolute atomic E-state index is 11.4. The number of ether oxygens (including phenoxy) is 1. The number of nitrogens with zero attached hydrogens (tertiary/aromatic N) is 1. The van der Waals surface area contributed by atoms with Crippen molar-refractivity contribution in [3.63, 3.8) is 0 Å². The Hall–Kier alpha value is -1.96. The molecule has 100 valence electrons. The summed E-state index contributed by atoms with van der Waals surface area (Å²) in [5.41, 5.74) is 0.644. The van der Waals surface area contributed by atoms with Crippen molar-refractivity contribution in [2.24, 2.45) is 5.14 Å². The number of hydrogen-bond donors (Lipinski definition) is 2. The Morgan fingerprint density at radius 3 is 2.74 bits per heavy atom. The molecule has 3 N–H and O–H groups in total. The van der Waals surface area contributed by atoms with Crippen LogP contribution in [-0.2, 0) is 16.6 Å². The van der Waals surface area contributed by atoms with Gasteiger partial charge in [-0.05, 0) is 29.8 Å². The van der Waals surface area contributed by atoms with E-state index in [1.807, 2.05) is 0 Å². The van der Waals surface area contributed by atoms with E-state index in [0.29, 0.717) is 11.3 Å². The highest BCUT2D eigenvalue weighted by atomic mass is 32.2. The summed E-state index contributed by atoms with van der Waals surface area (Å²) in [6, 6.07) is 9.37. The smallest absolute Gasteiger partial charge is 0.243 e. The third-order valence-electron chi connectivity index (χ3n) is 2.34. The third-order valence-corrected chi connectivity index (χ3v) is 3.26. The summed E-state index contributed by atoms with van der Waals surface area (Å²) in [7, 11) is -3.91. The number of aromatic nitrogens is 1. The largest absolute Gasteiger partial charge is 0.438 e. The number of aliphatic hydroxyl groups is 1. The minimum Gasteiger partial charge on any atom is -0.438 e. The molecule has 1 aromatic heterocycles. The SMILES string of the molecule is NS(=O)(=O)c1cccnc1Oc1cccc(CO)c1. The highest BCUT2D eigenvalue weighted by Crippen LogP contribution is 2.25. The summed E-state index contributed by atoms with van der Waals surface area (Å²) >= 11 is 0. The van der Waals surface area contributed by atoms with Gasteiger partial charge in [-0.15, -0.1) is 0 Å². The molecule has 0 fully saturated rings. The summed E-state index contributed by atoms with van der Waals surface area (Å²) in [5, 5.41) is 14.1. The summed E-state index contributed by atoms with van der Waals surface area (Å²) in [6.07, 6.45) is 1.40. The Morgan fingerprint density at radius 1 is 1.26 bits per heavy atom. The third kappa shape index (κ3) is 3.28. The molecule has 7 heteroatoms. The van der Waals surface area contributed by atoms with Gasteiger partial charge in [-0.3, -0.25) is 0 Å². The van der Waals surface area contributed by atoms with E-state index in [1.165, 1.54) is 18.3 Å². The monoisotopic (exact) mass is 280 g/mol. The van der Waals surface area contributed by atoms with Crippen LogP contribution in [0.1, 0.15) is 5.56 Å². The summed E-state index contributed by atoms with van der Waals surface area (Å²) in [6.45, 7) is -0.137. The lowest BCUT2D eigenvalue weighted by atomic mass is 10.2. The first-order chi connectivity index (χ1) is 9.00. The van der Waals surface area contributed by atoms with Crippen LogP contribution in [0, 0.1) is 0 Å². The number of aliphatic hydroxyl groups excluding tert-OH is 1. The first-order valence-electron chi connectivity index (χ1n) is 5.36. The van der Waals surface area contributed by atoms with Gasteiger partial charge in [-0.25, -0.2) is 18.5 Å². The first kappa shape index (κ1) is 13.5. The quantitative estimate of drug-likeness (QED) is 0.870. The molecule has 1 aromatic carbocycles. The van der Waals surface area contributed by atoms with Gasteiger partial charge in [0.05, 0.1) is 6.61 Å². The van der Waals surface area contributed by atoms with Gasteiger partial charge in [0.25, 0.3) is 0 Å². The van der Waals surface area contributed by atoms with Gasteiger partial charge in [-0.2, -0.15) is 0 Å². The van der Waals surface area contributed by atoms with E-state index in [0.717, 1.165) is 0 Å². The predicted molar refractivity (Wildman–Crippen MR) is 68.0 cm³/mol. The van der Waals surface area contributed by atoms with Crippen molar-refractivity contribution in [3.8, 4) is 11.6 Å². The first-order valence-corrected chi connectivity index (χ1v) is 6.91. The normalized spacial score (nSPS) is 11.3. The van der Waals surface area contributed by atoms with Gasteiger partial charge in [0.2, 0.25) is 15.9 Å². The molecule has 0 aliphatic rings. The van der Waals surface area contributed by atoms with Gasteiger partial charge in [-0.1, -0.05) is 12.1 Å². The molecule has 0 atom stereocenters. The summed E-state index contributed by atoms with van der Waals surface area (Å²) in [5.74, 6) is 0.273. The molecule has 0 spiro atoms. The lowest BCUT2D eigenvalue weighted by molar-refractivity contribution is 0.281. The van der Waals surface area contributed by atoms with Gasteiger partial charge < -0.3 is 9.84 Å². The number of primary sulfonamides is 1. The van der Waals surface area contributed by atoms with E-state index in [1.54, 1.807) is 24.3 Å². The Bertz CT molecular complexity index is 686. The standard InChI is InChI=1S/C12H12N2O4S/c13-19(16,17)11-5-2-6-14-12(11)18-10-4-1-3-9(7-10)8-15/h1-7,15H,8H2,(H2,13,16,17). The van der Waals surface area contributed by atoms with Crippen LogP contribution >= 0.6 is 0 Å². The Labute approximate surface area is 110 Å². The Morgan fingerprint density at radius 2 is 2.05 bits per heavy atom. The van der Waals surface area contributed by atoms with Gasteiger partial charge in [0.15, 0.2) is 0 Å². The van der Waals surface area contributed by atoms with Crippen LogP contribution in [0.3, 0.4) is 0 Å². The van der Waals surface area contributed by atoms with Gasteiger partial charge in [0, 0.05) is 6.20 Å². The van der Waals surface area contributed by atoms with E-state index in [2.05, 4.69) is 4.98 Å². The molecule has 0 bridgehead atoms. The molecular weight excluding hydrogens is 268 g/mol. The average molecular weight is 280 g/mol. The van der Waals surface area contributed by atoms with Crippen molar-refractivity contribution < 1.29 is 18.3 Å². The molecule has 19 heavy (non-hydrogen) atoms. The number of pyridine rings is 1. The molecule has 0 aliphatic carbocycles. The van der Waals surface area contributed by atoms with Crippen molar-refractivity contribution in [2.45, 2.75) is 11.5 Å². The number of rotatable bonds is 4. The van der Waals surface area contributed by atoms with E-state index in [9.17, 15) is 8.42 Å². The second kappa shape index (κ2) is 5.35. The van der Waals surface area contributed by atoms with E-state index < -0.39 is 10.0 Å². The van der Waals surface area contributed by atoms with Crippen molar-refractivity contribution in [1.82, 2.24) is 4.98 Å². The topological polar surface area (TPSA) is 103 Å². The zero-order chi connectivity index (χ0) is 13.9. The second-order valence-electron chi connectivity index (χ2n) is 3.76. The van der Waals surface area contributed by atoms with Crippen LogP contribution in [-0.4, -0.2) is 18.5 Å². The minimum absolute atomic E-state index is 0.0971. The number of sulfonamides is 1. The van der Waals surface area contributed by atoms with Crippen molar-refractivity contribution in [1.29, 1.82) is 0 Å². The molecule has 2 aromatic rings. The van der Waals surface area contributed by atoms with Crippen LogP contribution in [0.4, 0.5) is 0 Å². The van der Waals surface area contributed by atoms with E-state index in [-0.39, 0.29) is 17.4 Å². The molecule has 0 aliphatic heterocycles. The fraction of sp³-hybridized carbons (Fsp3) is 0.0833. The molecular formula is C12H12N2O4S. The molecule has 0 saturated heterocycles. The predicted octanol–water partition coefficient (Wildman–Crippen LogP) is 1.01. The Kier molecular flexibility index (Phi) is 3.79. The van der Waals surface area contributed by atoms with Crippen LogP contribution in [0.2, 0.25) is 0 Å². The maximum Gasteiger partial charge on any atom is 0.243 e. The highest BCUT2D eigenvalue weighted by Gasteiger charge is 2.16. The summed E-state index contributed by atoms with van der Waals surface area (Å²) < 4.78 is 28.2. The average Bonchev–Trinajstić information content (AvgIpc) is 2.38. The number of benzene rings is 1. The van der Waals surface area contributed by atoms with Crippen LogP contribution in [0.15, 0.2) is 47.5 Å². The van der Waals surface area contributed by atoms with Crippen molar-refractivity contribution >= 4 is 10.0 Å². The van der Waals surface area contributed by atoms with Crippen LogP contribution < -0.4 is 9.88 Å². The summed E-state index contributed by atoms with van der Waals surface area (Å²) in [4.78, 5) is 3.66. The number of nitrogens with two attached hydrogens (primary N) is 1. The highest BCUT2D eigenvalue weighted by molar-refractivity contribution is 7.89. The lowest BCUT2D eigenvalue weighted by Gasteiger charge is -2.08. The molecule has 6 nitrogen and oxygen atoms in total. The fourth-order valence-corrected chi connectivity index (χ4v) is 2.09. The fourth-order valence-electron chi connectivity index (χ4n) is 1.49. The second-order valence-corrected chi connectivity index (χ2v) is 5.29. The van der Waals surface area contributed by atoms with Gasteiger partial charge >= 0.3 is 0 Å². The molecule has 2 rings (SSSR count). The molecule has 0 amide bonds. The van der Waals surface area contributed by atoms with Gasteiger partial charge in [0.1, 0.15) is 10.6 Å². The van der Waals surface area contributed by atoms with Crippen molar-refractivity contribution in [3.05, 3.63) is 48.2 Å². The van der Waals surface area contributed by atoms with Crippen molar-refractivity contribution in [2.75, 3.05) is 0 Å². The van der Waals surface area contributed by atoms with Crippen LogP contribution in [0.25, 0.3) is 0 Å². The zero-order valence-corrected chi connectivity index (χ0v) is 10.7. The molecule has 0 unspecified atom stereocenters. The Balaban J connectivity index is 2.38. The lowest BCUT2D eigenvalue weighted by Crippen LogP contribution is -2.13. The van der Waals surface area contributed by atoms with Crippen LogP contribution in [0.5, 0.6) is 11.6 Å². The van der Waals surface area contributed by atoms with E-state index in [4.69, 9.17) is 15.0 Å². The van der Waals surface area contributed by atoms with E-state index >= 15 is 0 Å². The molecule has 0 saturated carbocycles. The maximum atomic E-state index is 11.4. The zero-order valence-electron chi connectivity index (χ0n) is 9.85.